The third kappa shape index (κ3) is 3.51. The topological polar surface area (TPSA) is 52.0 Å². The molecule has 3 aromatic rings. The Bertz CT molecular complexity index is 1030. The van der Waals surface area contributed by atoms with Gasteiger partial charge in [-0.25, -0.2) is 4.39 Å². The van der Waals surface area contributed by atoms with Crippen LogP contribution in [0.4, 0.5) is 4.39 Å². The van der Waals surface area contributed by atoms with Crippen LogP contribution in [0.2, 0.25) is 0 Å². The van der Waals surface area contributed by atoms with Gasteiger partial charge in [0.2, 0.25) is 0 Å². The quantitative estimate of drug-likeness (QED) is 0.645. The Morgan fingerprint density at radius 2 is 1.97 bits per heavy atom. The highest BCUT2D eigenvalue weighted by Crippen LogP contribution is 2.44. The number of nitrogens with one attached hydrogen (secondary N) is 1. The van der Waals surface area contributed by atoms with E-state index >= 15 is 0 Å². The van der Waals surface area contributed by atoms with Gasteiger partial charge in [-0.2, -0.15) is 0 Å². The van der Waals surface area contributed by atoms with Crippen molar-refractivity contribution in [3.05, 3.63) is 71.6 Å². The summed E-state index contributed by atoms with van der Waals surface area (Å²) in [4.78, 5) is -0.424. The lowest BCUT2D eigenvalue weighted by molar-refractivity contribution is 0.133. The number of aromatic nitrogens is 3. The highest BCUT2D eigenvalue weighted by molar-refractivity contribution is 6.24. The highest BCUT2D eigenvalue weighted by Gasteiger charge is 2.36. The van der Waals surface area contributed by atoms with Crippen molar-refractivity contribution >= 4 is 11.6 Å². The number of para-hydroxylation sites is 1. The molecule has 1 fully saturated rings. The normalized spacial score (nSPS) is 23.7. The first-order chi connectivity index (χ1) is 14.1. The summed E-state index contributed by atoms with van der Waals surface area (Å²) >= 11 is 7.08. The van der Waals surface area contributed by atoms with Gasteiger partial charge in [0.1, 0.15) is 6.33 Å². The number of ether oxygens (including phenoxy) is 1. The molecule has 1 N–H and O–H groups in total. The van der Waals surface area contributed by atoms with Crippen molar-refractivity contribution < 1.29 is 9.13 Å². The Morgan fingerprint density at radius 3 is 2.79 bits per heavy atom. The molecule has 0 atom stereocenters. The van der Waals surface area contributed by atoms with Crippen LogP contribution in [0.3, 0.4) is 0 Å². The molecule has 1 aliphatic carbocycles. The van der Waals surface area contributed by atoms with Crippen LogP contribution >= 0.6 is 11.6 Å². The molecule has 0 bridgehead atoms. The number of rotatable bonds is 3. The minimum atomic E-state index is -0.424. The van der Waals surface area contributed by atoms with Crippen LogP contribution in [-0.4, -0.2) is 20.9 Å². The molecule has 5 rings (SSSR count). The second-order valence-electron chi connectivity index (χ2n) is 7.78. The van der Waals surface area contributed by atoms with Crippen molar-refractivity contribution in [3.63, 3.8) is 0 Å². The molecule has 1 aliphatic heterocycles. The first-order valence-electron chi connectivity index (χ1n) is 9.96. The van der Waals surface area contributed by atoms with E-state index in [1.807, 2.05) is 4.57 Å². The van der Waals surface area contributed by atoms with Gasteiger partial charge in [0.05, 0.1) is 23.2 Å². The number of halogens is 2. The minimum Gasteiger partial charge on any atom is -0.487 e. The van der Waals surface area contributed by atoms with E-state index < -0.39 is 4.87 Å². The fraction of sp³-hybridized carbons (Fsp3) is 0.364. The van der Waals surface area contributed by atoms with E-state index in [1.165, 1.54) is 11.6 Å². The van der Waals surface area contributed by atoms with Crippen LogP contribution in [0, 0.1) is 5.82 Å². The Kier molecular flexibility index (Phi) is 4.76. The minimum absolute atomic E-state index is 0.0131. The summed E-state index contributed by atoms with van der Waals surface area (Å²) in [5.74, 6) is 0.908. The van der Waals surface area contributed by atoms with E-state index in [0.717, 1.165) is 49.3 Å². The zero-order valence-electron chi connectivity index (χ0n) is 15.9. The summed E-state index contributed by atoms with van der Waals surface area (Å²) < 4.78 is 21.8. The van der Waals surface area contributed by atoms with Crippen LogP contribution < -0.4 is 10.1 Å². The van der Waals surface area contributed by atoms with Gasteiger partial charge < -0.3 is 10.1 Å². The summed E-state index contributed by atoms with van der Waals surface area (Å²) in [7, 11) is 0. The number of benzene rings is 2. The molecule has 0 saturated heterocycles. The van der Waals surface area contributed by atoms with Crippen molar-refractivity contribution in [1.82, 2.24) is 20.1 Å². The lowest BCUT2D eigenvalue weighted by Crippen LogP contribution is -2.32. The molecular weight excluding hydrogens is 391 g/mol. The number of hydrogen-bond acceptors (Lipinski definition) is 4. The highest BCUT2D eigenvalue weighted by atomic mass is 35.5. The van der Waals surface area contributed by atoms with E-state index in [-0.39, 0.29) is 11.9 Å². The molecule has 2 aromatic carbocycles. The smallest absolute Gasteiger partial charge is 0.165 e. The van der Waals surface area contributed by atoms with E-state index in [2.05, 4.69) is 33.7 Å². The third-order valence-corrected chi connectivity index (χ3v) is 6.52. The maximum Gasteiger partial charge on any atom is 0.165 e. The lowest BCUT2D eigenvalue weighted by atomic mass is 9.81. The predicted molar refractivity (Wildman–Crippen MR) is 109 cm³/mol. The van der Waals surface area contributed by atoms with Gasteiger partial charge in [0, 0.05) is 6.54 Å². The fourth-order valence-electron chi connectivity index (χ4n) is 4.31. The summed E-state index contributed by atoms with van der Waals surface area (Å²) in [6.07, 6.45) is 4.91. The average Bonchev–Trinajstić information content (AvgIpc) is 3.13. The van der Waals surface area contributed by atoms with Crippen LogP contribution in [0.15, 0.2) is 48.8 Å². The maximum absolute atomic E-state index is 13.9. The molecular formula is C22H22ClFN4O. The van der Waals surface area contributed by atoms with E-state index in [1.54, 1.807) is 24.5 Å². The van der Waals surface area contributed by atoms with Gasteiger partial charge in [-0.15, -0.1) is 21.8 Å². The monoisotopic (exact) mass is 412 g/mol. The molecule has 5 nitrogen and oxygen atoms in total. The first-order valence-corrected chi connectivity index (χ1v) is 10.3. The van der Waals surface area contributed by atoms with E-state index in [0.29, 0.717) is 12.3 Å². The van der Waals surface area contributed by atoms with Crippen LogP contribution in [0.1, 0.15) is 42.6 Å². The fourth-order valence-corrected chi connectivity index (χ4v) is 4.64. The predicted octanol–water partition coefficient (Wildman–Crippen LogP) is 4.47. The summed E-state index contributed by atoms with van der Waals surface area (Å²) in [5, 5.41) is 11.6. The Morgan fingerprint density at radius 1 is 1.14 bits per heavy atom. The molecule has 2 heterocycles. The van der Waals surface area contributed by atoms with E-state index in [9.17, 15) is 4.39 Å². The van der Waals surface area contributed by atoms with Gasteiger partial charge in [-0.1, -0.05) is 24.3 Å². The van der Waals surface area contributed by atoms with Gasteiger partial charge >= 0.3 is 0 Å². The number of nitrogens with zero attached hydrogens (tertiary/aromatic N) is 3. The number of alkyl halides is 1. The standard InChI is InChI=1S/C22H22ClFN4O/c23-22(9-7-17(8-10-22)29-20-4-2-1-3-18(20)24)16-5-6-19-15(11-16)12-25-13-21-27-26-14-28(19)21/h1-6,11,14,17,25H,7-10,12-13H2. The van der Waals surface area contributed by atoms with Crippen molar-refractivity contribution in [2.75, 3.05) is 0 Å². The number of hydrogen-bond donors (Lipinski definition) is 1. The lowest BCUT2D eigenvalue weighted by Gasteiger charge is -2.36. The molecule has 0 spiro atoms. The maximum atomic E-state index is 13.9. The second kappa shape index (κ2) is 7.43. The van der Waals surface area contributed by atoms with Crippen LogP contribution in [-0.2, 0) is 18.0 Å². The Hall–Kier alpha value is -2.44. The molecule has 150 valence electrons. The van der Waals surface area contributed by atoms with Crippen LogP contribution in [0.25, 0.3) is 5.69 Å². The second-order valence-corrected chi connectivity index (χ2v) is 8.50. The van der Waals surface area contributed by atoms with Crippen molar-refractivity contribution in [2.24, 2.45) is 0 Å². The first kappa shape index (κ1) is 18.6. The molecule has 2 aliphatic rings. The van der Waals surface area contributed by atoms with Gasteiger partial charge in [-0.3, -0.25) is 4.57 Å². The van der Waals surface area contributed by atoms with Gasteiger partial charge in [0.15, 0.2) is 17.4 Å². The zero-order chi connectivity index (χ0) is 19.8. The van der Waals surface area contributed by atoms with Crippen molar-refractivity contribution in [3.8, 4) is 11.4 Å². The summed E-state index contributed by atoms with van der Waals surface area (Å²) in [6.45, 7) is 1.45. The Labute approximate surface area is 173 Å². The molecule has 0 radical (unpaired) electrons. The molecule has 29 heavy (non-hydrogen) atoms. The SMILES string of the molecule is Fc1ccccc1OC1CCC(Cl)(c2ccc3c(c2)CNCc2nncn2-3)CC1. The van der Waals surface area contributed by atoms with Gasteiger partial charge in [-0.05, 0) is 55.0 Å². The van der Waals surface area contributed by atoms with Crippen molar-refractivity contribution in [2.45, 2.75) is 49.8 Å². The van der Waals surface area contributed by atoms with Gasteiger partial charge in [0.25, 0.3) is 0 Å². The van der Waals surface area contributed by atoms with Crippen molar-refractivity contribution in [1.29, 1.82) is 0 Å². The molecule has 1 aromatic heterocycles. The number of fused-ring (bicyclic) bond motifs is 3. The Balaban J connectivity index is 1.33. The molecule has 0 unspecified atom stereocenters. The zero-order valence-corrected chi connectivity index (χ0v) is 16.7. The molecule has 7 heteroatoms. The molecule has 1 saturated carbocycles. The molecule has 0 amide bonds. The third-order valence-electron chi connectivity index (χ3n) is 5.93. The summed E-state index contributed by atoms with van der Waals surface area (Å²) in [6, 6.07) is 13.0. The summed E-state index contributed by atoms with van der Waals surface area (Å²) in [5.41, 5.74) is 3.40. The average molecular weight is 413 g/mol. The van der Waals surface area contributed by atoms with E-state index in [4.69, 9.17) is 16.3 Å². The largest absolute Gasteiger partial charge is 0.487 e. The van der Waals surface area contributed by atoms with Crippen LogP contribution in [0.5, 0.6) is 5.75 Å².